The largest absolute Gasteiger partial charge is 0.480 e. The van der Waals surface area contributed by atoms with Gasteiger partial charge in [-0.2, -0.15) is 5.10 Å². The standard InChI is InChI=1S/C14H23N3O3/c1-6-9(4)12(14(19)20)15-13(18)10-7-11(8(2)3)17(5)16-10/h7-9,12H,6H2,1-5H3,(H,15,18)(H,19,20)/t9-,12-/m0/s1. The number of carbonyl (C=O) groups excluding carboxylic acids is 1. The van der Waals surface area contributed by atoms with Crippen molar-refractivity contribution in [1.29, 1.82) is 0 Å². The number of hydrogen-bond acceptors (Lipinski definition) is 3. The Kier molecular flexibility index (Phi) is 5.30. The Balaban J connectivity index is 2.89. The minimum absolute atomic E-state index is 0.135. The summed E-state index contributed by atoms with van der Waals surface area (Å²) in [4.78, 5) is 23.3. The third-order valence-corrected chi connectivity index (χ3v) is 3.51. The second-order valence-corrected chi connectivity index (χ2v) is 5.41. The van der Waals surface area contributed by atoms with E-state index in [2.05, 4.69) is 10.4 Å². The van der Waals surface area contributed by atoms with Crippen LogP contribution in [0.2, 0.25) is 0 Å². The van der Waals surface area contributed by atoms with Crippen LogP contribution < -0.4 is 5.32 Å². The fraction of sp³-hybridized carbons (Fsp3) is 0.643. The van der Waals surface area contributed by atoms with Gasteiger partial charge in [0.1, 0.15) is 11.7 Å². The van der Waals surface area contributed by atoms with E-state index in [1.54, 1.807) is 24.7 Å². The van der Waals surface area contributed by atoms with Gasteiger partial charge >= 0.3 is 5.97 Å². The number of carboxylic acids is 1. The number of carbonyl (C=O) groups is 2. The Morgan fingerprint density at radius 1 is 1.40 bits per heavy atom. The Morgan fingerprint density at radius 3 is 2.40 bits per heavy atom. The van der Waals surface area contributed by atoms with Crippen molar-refractivity contribution in [3.8, 4) is 0 Å². The maximum atomic E-state index is 12.1. The number of aryl methyl sites for hydroxylation is 1. The topological polar surface area (TPSA) is 84.2 Å². The number of carboxylic acid groups (broad SMARTS) is 1. The van der Waals surface area contributed by atoms with E-state index in [-0.39, 0.29) is 17.5 Å². The molecule has 1 amide bonds. The first kappa shape index (κ1) is 16.2. The Bertz CT molecular complexity index is 494. The number of aliphatic carboxylic acids is 1. The predicted octanol–water partition coefficient (Wildman–Crippen LogP) is 1.77. The lowest BCUT2D eigenvalue weighted by molar-refractivity contribution is -0.140. The summed E-state index contributed by atoms with van der Waals surface area (Å²) in [5.41, 5.74) is 1.19. The third-order valence-electron chi connectivity index (χ3n) is 3.51. The van der Waals surface area contributed by atoms with Gasteiger partial charge in [-0.05, 0) is 17.9 Å². The number of nitrogens with zero attached hydrogens (tertiary/aromatic N) is 2. The molecule has 0 aliphatic heterocycles. The van der Waals surface area contributed by atoms with Crippen LogP contribution in [0.1, 0.15) is 56.2 Å². The highest BCUT2D eigenvalue weighted by molar-refractivity contribution is 5.95. The van der Waals surface area contributed by atoms with E-state index in [0.29, 0.717) is 6.42 Å². The zero-order chi connectivity index (χ0) is 15.4. The van der Waals surface area contributed by atoms with Gasteiger partial charge in [-0.15, -0.1) is 0 Å². The summed E-state index contributed by atoms with van der Waals surface area (Å²) in [6, 6.07) is 0.812. The van der Waals surface area contributed by atoms with Gasteiger partial charge in [-0.1, -0.05) is 34.1 Å². The molecule has 1 aromatic heterocycles. The fourth-order valence-electron chi connectivity index (χ4n) is 2.03. The average molecular weight is 281 g/mol. The number of amides is 1. The second-order valence-electron chi connectivity index (χ2n) is 5.41. The highest BCUT2D eigenvalue weighted by Gasteiger charge is 2.27. The lowest BCUT2D eigenvalue weighted by Gasteiger charge is -2.19. The van der Waals surface area contributed by atoms with Crippen molar-refractivity contribution in [2.75, 3.05) is 0 Å². The first-order valence-electron chi connectivity index (χ1n) is 6.85. The number of aromatic nitrogens is 2. The molecule has 1 rings (SSSR count). The van der Waals surface area contributed by atoms with Gasteiger partial charge in [-0.3, -0.25) is 9.48 Å². The summed E-state index contributed by atoms with van der Waals surface area (Å²) in [5, 5.41) is 15.9. The van der Waals surface area contributed by atoms with Gasteiger partial charge in [0, 0.05) is 12.7 Å². The van der Waals surface area contributed by atoms with Gasteiger partial charge in [-0.25, -0.2) is 4.79 Å². The Hall–Kier alpha value is -1.85. The van der Waals surface area contributed by atoms with Gasteiger partial charge < -0.3 is 10.4 Å². The third kappa shape index (κ3) is 3.59. The van der Waals surface area contributed by atoms with Crippen molar-refractivity contribution in [1.82, 2.24) is 15.1 Å². The van der Waals surface area contributed by atoms with Crippen molar-refractivity contribution in [2.45, 2.75) is 46.1 Å². The summed E-state index contributed by atoms with van der Waals surface area (Å²) in [5.74, 6) is -1.35. The molecule has 0 aromatic carbocycles. The van der Waals surface area contributed by atoms with Crippen LogP contribution in [0.5, 0.6) is 0 Å². The average Bonchev–Trinajstić information content (AvgIpc) is 2.76. The van der Waals surface area contributed by atoms with Crippen LogP contribution in [-0.4, -0.2) is 32.8 Å². The monoisotopic (exact) mass is 281 g/mol. The molecule has 0 saturated carbocycles. The molecule has 1 aromatic rings. The lowest BCUT2D eigenvalue weighted by Crippen LogP contribution is -2.45. The molecule has 112 valence electrons. The van der Waals surface area contributed by atoms with Crippen molar-refractivity contribution in [2.24, 2.45) is 13.0 Å². The summed E-state index contributed by atoms with van der Waals surface area (Å²) in [7, 11) is 1.77. The molecule has 6 heteroatoms. The molecule has 0 aliphatic rings. The Labute approximate surface area is 119 Å². The van der Waals surface area contributed by atoms with Crippen LogP contribution in [-0.2, 0) is 11.8 Å². The highest BCUT2D eigenvalue weighted by Crippen LogP contribution is 2.15. The van der Waals surface area contributed by atoms with Crippen LogP contribution in [0.3, 0.4) is 0 Å². The molecule has 6 nitrogen and oxygen atoms in total. The predicted molar refractivity (Wildman–Crippen MR) is 75.6 cm³/mol. The van der Waals surface area contributed by atoms with E-state index in [1.807, 2.05) is 20.8 Å². The molecule has 0 saturated heterocycles. The van der Waals surface area contributed by atoms with Crippen molar-refractivity contribution in [3.05, 3.63) is 17.5 Å². The quantitative estimate of drug-likeness (QED) is 0.832. The maximum absolute atomic E-state index is 12.1. The van der Waals surface area contributed by atoms with Crippen molar-refractivity contribution < 1.29 is 14.7 Å². The number of hydrogen-bond donors (Lipinski definition) is 2. The van der Waals surface area contributed by atoms with Crippen LogP contribution in [0.15, 0.2) is 6.07 Å². The van der Waals surface area contributed by atoms with E-state index in [1.165, 1.54) is 0 Å². The highest BCUT2D eigenvalue weighted by atomic mass is 16.4. The first-order chi connectivity index (χ1) is 9.27. The molecular weight excluding hydrogens is 258 g/mol. The lowest BCUT2D eigenvalue weighted by atomic mass is 9.99. The molecule has 0 fully saturated rings. The zero-order valence-electron chi connectivity index (χ0n) is 12.7. The minimum atomic E-state index is -1.02. The number of nitrogens with one attached hydrogen (secondary N) is 1. The molecule has 0 unspecified atom stereocenters. The Morgan fingerprint density at radius 2 is 2.00 bits per heavy atom. The molecule has 1 heterocycles. The molecule has 2 atom stereocenters. The van der Waals surface area contributed by atoms with Crippen LogP contribution >= 0.6 is 0 Å². The zero-order valence-corrected chi connectivity index (χ0v) is 12.7. The molecule has 0 radical (unpaired) electrons. The molecule has 0 bridgehead atoms. The van der Waals surface area contributed by atoms with Gasteiger partial charge in [0.25, 0.3) is 5.91 Å². The van der Waals surface area contributed by atoms with Gasteiger partial charge in [0.15, 0.2) is 0 Å². The van der Waals surface area contributed by atoms with E-state index in [9.17, 15) is 14.7 Å². The first-order valence-corrected chi connectivity index (χ1v) is 6.85. The van der Waals surface area contributed by atoms with Crippen LogP contribution in [0.25, 0.3) is 0 Å². The molecule has 2 N–H and O–H groups in total. The van der Waals surface area contributed by atoms with E-state index >= 15 is 0 Å². The minimum Gasteiger partial charge on any atom is -0.480 e. The van der Waals surface area contributed by atoms with Gasteiger partial charge in [0.2, 0.25) is 0 Å². The maximum Gasteiger partial charge on any atom is 0.326 e. The molecule has 20 heavy (non-hydrogen) atoms. The van der Waals surface area contributed by atoms with E-state index in [0.717, 1.165) is 5.69 Å². The summed E-state index contributed by atoms with van der Waals surface area (Å²) in [6.07, 6.45) is 0.677. The second kappa shape index (κ2) is 6.54. The SMILES string of the molecule is CC[C@H](C)[C@H](NC(=O)c1cc(C(C)C)n(C)n1)C(=O)O. The number of rotatable bonds is 6. The fourth-order valence-corrected chi connectivity index (χ4v) is 2.03. The summed E-state index contributed by atoms with van der Waals surface area (Å²) < 4.78 is 1.65. The van der Waals surface area contributed by atoms with Crippen molar-refractivity contribution in [3.63, 3.8) is 0 Å². The summed E-state index contributed by atoms with van der Waals surface area (Å²) >= 11 is 0. The molecule has 0 spiro atoms. The smallest absolute Gasteiger partial charge is 0.326 e. The normalized spacial score (nSPS) is 14.1. The molecule has 0 aliphatic carbocycles. The molecular formula is C14H23N3O3. The summed E-state index contributed by atoms with van der Waals surface area (Å²) in [6.45, 7) is 7.72. The van der Waals surface area contributed by atoms with E-state index in [4.69, 9.17) is 0 Å². The van der Waals surface area contributed by atoms with E-state index < -0.39 is 17.9 Å². The van der Waals surface area contributed by atoms with Crippen LogP contribution in [0.4, 0.5) is 0 Å². The van der Waals surface area contributed by atoms with Crippen LogP contribution in [0, 0.1) is 5.92 Å². The van der Waals surface area contributed by atoms with Crippen molar-refractivity contribution >= 4 is 11.9 Å². The van der Waals surface area contributed by atoms with Gasteiger partial charge in [0.05, 0.1) is 0 Å².